The Morgan fingerprint density at radius 1 is 1.45 bits per heavy atom. The maximum atomic E-state index is 11.8. The van der Waals surface area contributed by atoms with Crippen molar-refractivity contribution in [2.45, 2.75) is 25.4 Å². The SMILES string of the molecule is NCc1c(Cl)cccc1OCC(=O)NC1CCOCC1. The summed E-state index contributed by atoms with van der Waals surface area (Å²) >= 11 is 6.03. The Balaban J connectivity index is 1.85. The van der Waals surface area contributed by atoms with E-state index in [1.165, 1.54) is 0 Å². The summed E-state index contributed by atoms with van der Waals surface area (Å²) < 4.78 is 10.7. The van der Waals surface area contributed by atoms with Crippen LogP contribution in [-0.2, 0) is 16.1 Å². The van der Waals surface area contributed by atoms with Gasteiger partial charge in [0, 0.05) is 36.4 Å². The molecule has 1 fully saturated rings. The van der Waals surface area contributed by atoms with Crippen LogP contribution in [0.1, 0.15) is 18.4 Å². The molecule has 0 radical (unpaired) electrons. The van der Waals surface area contributed by atoms with Crippen LogP contribution >= 0.6 is 11.6 Å². The van der Waals surface area contributed by atoms with Crippen LogP contribution in [0.3, 0.4) is 0 Å². The van der Waals surface area contributed by atoms with Crippen molar-refractivity contribution in [2.75, 3.05) is 19.8 Å². The Bertz CT molecular complexity index is 462. The molecular formula is C14H19ClN2O3. The molecule has 0 atom stereocenters. The molecule has 6 heteroatoms. The zero-order valence-electron chi connectivity index (χ0n) is 11.2. The van der Waals surface area contributed by atoms with Gasteiger partial charge in [-0.05, 0) is 25.0 Å². The molecule has 3 N–H and O–H groups in total. The van der Waals surface area contributed by atoms with Crippen molar-refractivity contribution in [1.82, 2.24) is 5.32 Å². The smallest absolute Gasteiger partial charge is 0.258 e. The summed E-state index contributed by atoms with van der Waals surface area (Å²) in [5, 5.41) is 3.48. The van der Waals surface area contributed by atoms with E-state index in [0.29, 0.717) is 29.5 Å². The molecule has 0 bridgehead atoms. The van der Waals surface area contributed by atoms with E-state index in [0.717, 1.165) is 12.8 Å². The van der Waals surface area contributed by atoms with Gasteiger partial charge in [0.1, 0.15) is 5.75 Å². The van der Waals surface area contributed by atoms with Crippen molar-refractivity contribution in [3.8, 4) is 5.75 Å². The maximum absolute atomic E-state index is 11.8. The predicted molar refractivity (Wildman–Crippen MR) is 76.8 cm³/mol. The molecule has 0 spiro atoms. The highest BCUT2D eigenvalue weighted by Gasteiger charge is 2.16. The van der Waals surface area contributed by atoms with Gasteiger partial charge < -0.3 is 20.5 Å². The summed E-state index contributed by atoms with van der Waals surface area (Å²) in [6.45, 7) is 1.62. The van der Waals surface area contributed by atoms with Crippen LogP contribution in [0.4, 0.5) is 0 Å². The lowest BCUT2D eigenvalue weighted by molar-refractivity contribution is -0.124. The second-order valence-corrected chi connectivity index (χ2v) is 5.07. The Morgan fingerprint density at radius 2 is 2.20 bits per heavy atom. The number of carbonyl (C=O) groups is 1. The zero-order valence-corrected chi connectivity index (χ0v) is 12.0. The normalized spacial score (nSPS) is 15.9. The van der Waals surface area contributed by atoms with E-state index in [-0.39, 0.29) is 25.1 Å². The Morgan fingerprint density at radius 3 is 2.90 bits per heavy atom. The lowest BCUT2D eigenvalue weighted by Crippen LogP contribution is -2.41. The largest absolute Gasteiger partial charge is 0.483 e. The van der Waals surface area contributed by atoms with Gasteiger partial charge in [-0.25, -0.2) is 0 Å². The molecule has 0 saturated carbocycles. The molecular weight excluding hydrogens is 280 g/mol. The van der Waals surface area contributed by atoms with Crippen molar-refractivity contribution in [3.63, 3.8) is 0 Å². The average molecular weight is 299 g/mol. The summed E-state index contributed by atoms with van der Waals surface area (Å²) in [6.07, 6.45) is 1.69. The Kier molecular flexibility index (Phi) is 5.64. The summed E-state index contributed by atoms with van der Waals surface area (Å²) in [5.74, 6) is 0.418. The monoisotopic (exact) mass is 298 g/mol. The van der Waals surface area contributed by atoms with Gasteiger partial charge in [0.25, 0.3) is 5.91 Å². The molecule has 0 aliphatic carbocycles. The third-order valence-corrected chi connectivity index (χ3v) is 3.58. The molecule has 1 aliphatic rings. The first-order valence-corrected chi connectivity index (χ1v) is 7.06. The van der Waals surface area contributed by atoms with E-state index in [2.05, 4.69) is 5.32 Å². The number of hydrogen-bond acceptors (Lipinski definition) is 4. The summed E-state index contributed by atoms with van der Waals surface area (Å²) in [4.78, 5) is 11.8. The quantitative estimate of drug-likeness (QED) is 0.863. The van der Waals surface area contributed by atoms with E-state index in [1.54, 1.807) is 18.2 Å². The lowest BCUT2D eigenvalue weighted by Gasteiger charge is -2.23. The number of carbonyl (C=O) groups excluding carboxylic acids is 1. The molecule has 0 unspecified atom stereocenters. The van der Waals surface area contributed by atoms with Crippen LogP contribution in [0, 0.1) is 0 Å². The van der Waals surface area contributed by atoms with E-state index in [4.69, 9.17) is 26.8 Å². The summed E-state index contributed by atoms with van der Waals surface area (Å²) in [6, 6.07) is 5.45. The Hall–Kier alpha value is -1.30. The van der Waals surface area contributed by atoms with Crippen LogP contribution in [0.2, 0.25) is 5.02 Å². The standard InChI is InChI=1S/C14H19ClN2O3/c15-12-2-1-3-13(11(12)8-16)20-9-14(18)17-10-4-6-19-7-5-10/h1-3,10H,4-9,16H2,(H,17,18). The predicted octanol–water partition coefficient (Wildman–Crippen LogP) is 1.47. The van der Waals surface area contributed by atoms with Gasteiger partial charge in [-0.1, -0.05) is 17.7 Å². The first-order chi connectivity index (χ1) is 9.70. The minimum Gasteiger partial charge on any atom is -0.483 e. The number of rotatable bonds is 5. The van der Waals surface area contributed by atoms with E-state index < -0.39 is 0 Å². The highest BCUT2D eigenvalue weighted by molar-refractivity contribution is 6.31. The third-order valence-electron chi connectivity index (χ3n) is 3.23. The van der Waals surface area contributed by atoms with Crippen molar-refractivity contribution < 1.29 is 14.3 Å². The van der Waals surface area contributed by atoms with Gasteiger partial charge in [-0.15, -0.1) is 0 Å². The van der Waals surface area contributed by atoms with Crippen LogP contribution in [0.25, 0.3) is 0 Å². The molecule has 2 rings (SSSR count). The fraction of sp³-hybridized carbons (Fsp3) is 0.500. The first-order valence-electron chi connectivity index (χ1n) is 6.68. The topological polar surface area (TPSA) is 73.6 Å². The number of ether oxygens (including phenoxy) is 2. The van der Waals surface area contributed by atoms with Gasteiger partial charge in [0.2, 0.25) is 0 Å². The van der Waals surface area contributed by atoms with Gasteiger partial charge >= 0.3 is 0 Å². The molecule has 5 nitrogen and oxygen atoms in total. The number of nitrogens with one attached hydrogen (secondary N) is 1. The van der Waals surface area contributed by atoms with Crippen LogP contribution in [0.15, 0.2) is 18.2 Å². The molecule has 1 aliphatic heterocycles. The van der Waals surface area contributed by atoms with Crippen LogP contribution in [-0.4, -0.2) is 31.8 Å². The van der Waals surface area contributed by atoms with E-state index in [9.17, 15) is 4.79 Å². The molecule has 1 aromatic carbocycles. The van der Waals surface area contributed by atoms with Crippen molar-refractivity contribution >= 4 is 17.5 Å². The maximum Gasteiger partial charge on any atom is 0.258 e. The molecule has 1 saturated heterocycles. The second-order valence-electron chi connectivity index (χ2n) is 4.66. The van der Waals surface area contributed by atoms with Crippen molar-refractivity contribution in [1.29, 1.82) is 0 Å². The van der Waals surface area contributed by atoms with E-state index in [1.807, 2.05) is 0 Å². The summed E-state index contributed by atoms with van der Waals surface area (Å²) in [7, 11) is 0. The minimum absolute atomic E-state index is 0.0370. The molecule has 1 aromatic rings. The Labute approximate surface area is 123 Å². The molecule has 1 heterocycles. The van der Waals surface area contributed by atoms with Crippen molar-refractivity contribution in [2.24, 2.45) is 5.73 Å². The van der Waals surface area contributed by atoms with Gasteiger partial charge in [0.15, 0.2) is 6.61 Å². The number of hydrogen-bond donors (Lipinski definition) is 2. The van der Waals surface area contributed by atoms with Gasteiger partial charge in [-0.2, -0.15) is 0 Å². The second kappa shape index (κ2) is 7.47. The number of benzene rings is 1. The highest BCUT2D eigenvalue weighted by Crippen LogP contribution is 2.25. The minimum atomic E-state index is -0.139. The van der Waals surface area contributed by atoms with E-state index >= 15 is 0 Å². The molecule has 1 amide bonds. The van der Waals surface area contributed by atoms with Crippen LogP contribution < -0.4 is 15.8 Å². The fourth-order valence-electron chi connectivity index (χ4n) is 2.13. The molecule has 20 heavy (non-hydrogen) atoms. The fourth-order valence-corrected chi connectivity index (χ4v) is 2.37. The van der Waals surface area contributed by atoms with Gasteiger partial charge in [-0.3, -0.25) is 4.79 Å². The molecule has 110 valence electrons. The zero-order chi connectivity index (χ0) is 14.4. The highest BCUT2D eigenvalue weighted by atomic mass is 35.5. The number of amides is 1. The van der Waals surface area contributed by atoms with Gasteiger partial charge in [0.05, 0.1) is 0 Å². The third kappa shape index (κ3) is 4.10. The number of nitrogens with two attached hydrogens (primary N) is 1. The number of halogens is 1. The van der Waals surface area contributed by atoms with Crippen molar-refractivity contribution in [3.05, 3.63) is 28.8 Å². The lowest BCUT2D eigenvalue weighted by atomic mass is 10.1. The molecule has 0 aromatic heterocycles. The average Bonchev–Trinajstić information content (AvgIpc) is 2.46. The first kappa shape index (κ1) is 15.1. The van der Waals surface area contributed by atoms with Crippen LogP contribution in [0.5, 0.6) is 5.75 Å². The summed E-state index contributed by atoms with van der Waals surface area (Å²) in [5.41, 5.74) is 6.34.